The number of nitrogens with zero attached hydrogens (tertiary/aromatic N) is 2. The van der Waals surface area contributed by atoms with Gasteiger partial charge >= 0.3 is 5.97 Å². The average molecular weight is 376 g/mol. The number of carbonyl (C=O) groups excluding carboxylic acids is 1. The molecule has 1 aromatic heterocycles. The molecule has 1 amide bonds. The molecule has 0 radical (unpaired) electrons. The van der Waals surface area contributed by atoms with Crippen LogP contribution in [-0.4, -0.2) is 32.8 Å². The van der Waals surface area contributed by atoms with Gasteiger partial charge in [-0.25, -0.2) is 4.68 Å². The molecule has 0 saturated heterocycles. The van der Waals surface area contributed by atoms with Gasteiger partial charge in [0, 0.05) is 22.3 Å². The summed E-state index contributed by atoms with van der Waals surface area (Å²) in [7, 11) is 0. The Hall–Kier alpha value is -2.34. The Morgan fingerprint density at radius 1 is 1.27 bits per heavy atom. The summed E-state index contributed by atoms with van der Waals surface area (Å²) < 4.78 is 1.80. The van der Waals surface area contributed by atoms with Gasteiger partial charge in [-0.2, -0.15) is 5.10 Å². The molecule has 0 unspecified atom stereocenters. The Balaban J connectivity index is 1.75. The predicted molar refractivity (Wildman–Crippen MR) is 98.7 cm³/mol. The fraction of sp³-hybridized carbons (Fsp3) is 0.421. The third-order valence-corrected chi connectivity index (χ3v) is 5.28. The Morgan fingerprint density at radius 2 is 1.96 bits per heavy atom. The number of aryl methyl sites for hydroxylation is 1. The molecule has 3 rings (SSSR count). The Morgan fingerprint density at radius 3 is 2.62 bits per heavy atom. The third-order valence-electron chi connectivity index (χ3n) is 5.03. The standard InChI is InChI=1S/C19H22ClN3O3/c1-11-16(10-18(24)21-17-5-3-4-15(17)19(25)26)12(2)23(22-11)14-8-6-13(20)7-9-14/h6-9,15,17H,3-5,10H2,1-2H3,(H,21,24)(H,25,26)/t15-,17+/m0/s1. The summed E-state index contributed by atoms with van der Waals surface area (Å²) in [5, 5.41) is 17.3. The summed E-state index contributed by atoms with van der Waals surface area (Å²) in [6, 6.07) is 7.06. The molecule has 138 valence electrons. The number of halogens is 1. The van der Waals surface area contributed by atoms with Crippen LogP contribution >= 0.6 is 11.6 Å². The van der Waals surface area contributed by atoms with Crippen LogP contribution in [0.5, 0.6) is 0 Å². The maximum absolute atomic E-state index is 12.5. The van der Waals surface area contributed by atoms with E-state index < -0.39 is 11.9 Å². The number of hydrogen-bond donors (Lipinski definition) is 2. The second-order valence-electron chi connectivity index (χ2n) is 6.76. The quantitative estimate of drug-likeness (QED) is 0.841. The van der Waals surface area contributed by atoms with Crippen molar-refractivity contribution in [1.29, 1.82) is 0 Å². The molecule has 0 aliphatic heterocycles. The van der Waals surface area contributed by atoms with E-state index in [1.165, 1.54) is 0 Å². The number of aliphatic carboxylic acids is 1. The monoisotopic (exact) mass is 375 g/mol. The smallest absolute Gasteiger partial charge is 0.308 e. The van der Waals surface area contributed by atoms with Gasteiger partial charge < -0.3 is 10.4 Å². The number of carboxylic acid groups (broad SMARTS) is 1. The minimum Gasteiger partial charge on any atom is -0.481 e. The van der Waals surface area contributed by atoms with Gasteiger partial charge in [0.2, 0.25) is 5.91 Å². The third kappa shape index (κ3) is 3.75. The molecular formula is C19H22ClN3O3. The summed E-state index contributed by atoms with van der Waals surface area (Å²) in [6.45, 7) is 3.80. The van der Waals surface area contributed by atoms with Crippen molar-refractivity contribution in [2.45, 2.75) is 45.6 Å². The van der Waals surface area contributed by atoms with Crippen molar-refractivity contribution in [1.82, 2.24) is 15.1 Å². The van der Waals surface area contributed by atoms with Crippen molar-refractivity contribution < 1.29 is 14.7 Å². The number of carbonyl (C=O) groups is 2. The van der Waals surface area contributed by atoms with E-state index in [4.69, 9.17) is 11.6 Å². The van der Waals surface area contributed by atoms with Crippen molar-refractivity contribution >= 4 is 23.5 Å². The van der Waals surface area contributed by atoms with Gasteiger partial charge in [-0.1, -0.05) is 18.0 Å². The van der Waals surface area contributed by atoms with Crippen LogP contribution in [0.3, 0.4) is 0 Å². The SMILES string of the molecule is Cc1nn(-c2ccc(Cl)cc2)c(C)c1CC(=O)N[C@@H]1CCC[C@@H]1C(=O)O. The number of rotatable bonds is 5. The first-order valence-corrected chi connectivity index (χ1v) is 9.08. The number of benzene rings is 1. The van der Waals surface area contributed by atoms with E-state index in [2.05, 4.69) is 10.4 Å². The fourth-order valence-corrected chi connectivity index (χ4v) is 3.74. The highest BCUT2D eigenvalue weighted by Gasteiger charge is 2.34. The van der Waals surface area contributed by atoms with E-state index >= 15 is 0 Å². The van der Waals surface area contributed by atoms with Crippen molar-refractivity contribution in [3.63, 3.8) is 0 Å². The van der Waals surface area contributed by atoms with Crippen LogP contribution in [0.4, 0.5) is 0 Å². The lowest BCUT2D eigenvalue weighted by molar-refractivity contribution is -0.142. The molecule has 26 heavy (non-hydrogen) atoms. The van der Waals surface area contributed by atoms with E-state index in [0.717, 1.165) is 29.1 Å². The molecule has 1 heterocycles. The minimum atomic E-state index is -0.837. The summed E-state index contributed by atoms with van der Waals surface area (Å²) in [6.07, 6.45) is 2.35. The van der Waals surface area contributed by atoms with Gasteiger partial charge in [-0.3, -0.25) is 9.59 Å². The average Bonchev–Trinajstić information content (AvgIpc) is 3.15. The van der Waals surface area contributed by atoms with Crippen LogP contribution in [0.1, 0.15) is 36.2 Å². The van der Waals surface area contributed by atoms with Crippen LogP contribution in [-0.2, 0) is 16.0 Å². The molecule has 0 bridgehead atoms. The maximum Gasteiger partial charge on any atom is 0.308 e. The van der Waals surface area contributed by atoms with Gasteiger partial charge in [0.1, 0.15) is 0 Å². The lowest BCUT2D eigenvalue weighted by Crippen LogP contribution is -2.41. The van der Waals surface area contributed by atoms with Crippen molar-refractivity contribution in [3.8, 4) is 5.69 Å². The first kappa shape index (κ1) is 18.5. The molecule has 1 fully saturated rings. The molecule has 1 saturated carbocycles. The Bertz CT molecular complexity index is 829. The molecule has 1 aromatic carbocycles. The molecule has 0 spiro atoms. The molecular weight excluding hydrogens is 354 g/mol. The number of carboxylic acids is 1. The van der Waals surface area contributed by atoms with Crippen LogP contribution in [0.25, 0.3) is 5.69 Å². The van der Waals surface area contributed by atoms with Crippen molar-refractivity contribution in [2.24, 2.45) is 5.92 Å². The van der Waals surface area contributed by atoms with Crippen molar-refractivity contribution in [2.75, 3.05) is 0 Å². The number of aromatic nitrogens is 2. The number of nitrogens with one attached hydrogen (secondary N) is 1. The van der Waals surface area contributed by atoms with E-state index in [1.807, 2.05) is 26.0 Å². The Kier molecular flexibility index (Phi) is 5.32. The second kappa shape index (κ2) is 7.50. The largest absolute Gasteiger partial charge is 0.481 e. The highest BCUT2D eigenvalue weighted by molar-refractivity contribution is 6.30. The lowest BCUT2D eigenvalue weighted by atomic mass is 10.0. The van der Waals surface area contributed by atoms with Gasteiger partial charge in [-0.05, 0) is 51.0 Å². The normalized spacial score (nSPS) is 19.5. The summed E-state index contributed by atoms with van der Waals surface area (Å²) >= 11 is 5.93. The molecule has 2 N–H and O–H groups in total. The zero-order valence-electron chi connectivity index (χ0n) is 14.8. The number of hydrogen-bond acceptors (Lipinski definition) is 3. The zero-order chi connectivity index (χ0) is 18.8. The molecule has 7 heteroatoms. The topological polar surface area (TPSA) is 84.2 Å². The summed E-state index contributed by atoms with van der Waals surface area (Å²) in [4.78, 5) is 23.7. The second-order valence-corrected chi connectivity index (χ2v) is 7.20. The van der Waals surface area contributed by atoms with Crippen LogP contribution < -0.4 is 5.32 Å². The minimum absolute atomic E-state index is 0.162. The van der Waals surface area contributed by atoms with Gasteiger partial charge in [0.15, 0.2) is 0 Å². The van der Waals surface area contributed by atoms with Crippen LogP contribution in [0.15, 0.2) is 24.3 Å². The lowest BCUT2D eigenvalue weighted by Gasteiger charge is -2.17. The van der Waals surface area contributed by atoms with Crippen molar-refractivity contribution in [3.05, 3.63) is 46.2 Å². The molecule has 1 aliphatic rings. The van der Waals surface area contributed by atoms with Crippen LogP contribution in [0, 0.1) is 19.8 Å². The maximum atomic E-state index is 12.5. The highest BCUT2D eigenvalue weighted by atomic mass is 35.5. The van der Waals surface area contributed by atoms with E-state index in [-0.39, 0.29) is 18.4 Å². The van der Waals surface area contributed by atoms with E-state index in [1.54, 1.807) is 16.8 Å². The van der Waals surface area contributed by atoms with Gasteiger partial charge in [0.05, 0.1) is 23.7 Å². The van der Waals surface area contributed by atoms with E-state index in [9.17, 15) is 14.7 Å². The zero-order valence-corrected chi connectivity index (χ0v) is 15.6. The Labute approximate surface area is 157 Å². The first-order valence-electron chi connectivity index (χ1n) is 8.70. The highest BCUT2D eigenvalue weighted by Crippen LogP contribution is 2.26. The summed E-state index contributed by atoms with van der Waals surface area (Å²) in [5.41, 5.74) is 3.42. The molecule has 1 aliphatic carbocycles. The van der Waals surface area contributed by atoms with E-state index in [0.29, 0.717) is 17.9 Å². The fourth-order valence-electron chi connectivity index (χ4n) is 3.61. The predicted octanol–water partition coefficient (Wildman–Crippen LogP) is 3.05. The van der Waals surface area contributed by atoms with Crippen LogP contribution in [0.2, 0.25) is 5.02 Å². The molecule has 2 aromatic rings. The molecule has 6 nitrogen and oxygen atoms in total. The number of amides is 1. The molecule has 2 atom stereocenters. The first-order chi connectivity index (χ1) is 12.4. The van der Waals surface area contributed by atoms with Gasteiger partial charge in [0.25, 0.3) is 0 Å². The van der Waals surface area contributed by atoms with Gasteiger partial charge in [-0.15, -0.1) is 0 Å². The summed E-state index contributed by atoms with van der Waals surface area (Å²) in [5.74, 6) is -1.49.